The number of hydrogen-bond acceptors (Lipinski definition) is 10. The van der Waals surface area contributed by atoms with Gasteiger partial charge in [-0.2, -0.15) is 0 Å². The van der Waals surface area contributed by atoms with Crippen LogP contribution in [0.1, 0.15) is 30.4 Å². The summed E-state index contributed by atoms with van der Waals surface area (Å²) in [5, 5.41) is 65.1. The minimum atomic E-state index is -2.95. The number of nitrogens with zero attached hydrogens (tertiary/aromatic N) is 1. The van der Waals surface area contributed by atoms with Gasteiger partial charge in [0.15, 0.2) is 11.4 Å². The van der Waals surface area contributed by atoms with Crippen molar-refractivity contribution in [3.63, 3.8) is 0 Å². The normalized spacial score (nSPS) is 31.7. The molecule has 5 atom stereocenters. The Labute approximate surface area is 179 Å². The van der Waals surface area contributed by atoms with Crippen LogP contribution in [-0.4, -0.2) is 59.6 Å². The molecule has 7 N–H and O–H groups in total. The van der Waals surface area contributed by atoms with Crippen molar-refractivity contribution in [1.29, 1.82) is 0 Å². The van der Waals surface area contributed by atoms with Crippen molar-refractivity contribution in [1.82, 2.24) is 0 Å². The third-order valence-electron chi connectivity index (χ3n) is 6.68. The highest BCUT2D eigenvalue weighted by Crippen LogP contribution is 2.56. The number of aliphatic hydroxyl groups excluding tert-OH is 3. The number of benzene rings is 1. The molecule has 0 aliphatic heterocycles. The monoisotopic (exact) mass is 446 g/mol. The van der Waals surface area contributed by atoms with Crippen LogP contribution in [0, 0.1) is 22.0 Å². The molecule has 0 spiro atoms. The van der Waals surface area contributed by atoms with Crippen molar-refractivity contribution < 1.29 is 44.8 Å². The van der Waals surface area contributed by atoms with Crippen LogP contribution in [0.3, 0.4) is 0 Å². The fourth-order valence-electron chi connectivity index (χ4n) is 5.13. The number of aliphatic hydroxyl groups is 4. The molecule has 4 rings (SSSR count). The molecular weight excluding hydrogens is 428 g/mol. The van der Waals surface area contributed by atoms with Gasteiger partial charge in [-0.1, -0.05) is 13.0 Å². The number of carbonyl (C=O) groups excluding carboxylic acids is 3. The Morgan fingerprint density at radius 3 is 2.44 bits per heavy atom. The Bertz CT molecular complexity index is 1200. The van der Waals surface area contributed by atoms with Crippen molar-refractivity contribution in [3.8, 4) is 5.75 Å². The van der Waals surface area contributed by atoms with E-state index in [1.165, 1.54) is 13.0 Å². The first-order chi connectivity index (χ1) is 14.8. The topological polar surface area (TPSA) is 222 Å². The van der Waals surface area contributed by atoms with Crippen molar-refractivity contribution >= 4 is 28.9 Å². The molecule has 12 heteroatoms. The maximum atomic E-state index is 13.4. The number of ketones is 2. The largest absolute Gasteiger partial charge is 0.508 e. The maximum Gasteiger partial charge on any atom is 0.311 e. The quantitative estimate of drug-likeness (QED) is 0.200. The Morgan fingerprint density at radius 1 is 1.25 bits per heavy atom. The van der Waals surface area contributed by atoms with Gasteiger partial charge in [0.25, 0.3) is 5.91 Å². The van der Waals surface area contributed by atoms with Gasteiger partial charge in [-0.15, -0.1) is 0 Å². The number of rotatable bonds is 2. The van der Waals surface area contributed by atoms with E-state index in [2.05, 4.69) is 0 Å². The molecule has 1 aromatic rings. The second kappa shape index (κ2) is 6.61. The summed E-state index contributed by atoms with van der Waals surface area (Å²) in [5.41, 5.74) is -0.431. The second-order valence-electron chi connectivity index (χ2n) is 8.14. The summed E-state index contributed by atoms with van der Waals surface area (Å²) >= 11 is 0. The van der Waals surface area contributed by atoms with Crippen LogP contribution in [0.15, 0.2) is 29.0 Å². The number of hydrogen-bond donors (Lipinski definition) is 6. The molecule has 1 aromatic carbocycles. The molecular formula is C20H18N2O10. The van der Waals surface area contributed by atoms with Crippen molar-refractivity contribution in [2.24, 2.45) is 17.6 Å². The molecule has 1 saturated carbocycles. The first-order valence-electron chi connectivity index (χ1n) is 9.51. The lowest BCUT2D eigenvalue weighted by Gasteiger charge is -2.50. The van der Waals surface area contributed by atoms with E-state index < -0.39 is 97.9 Å². The van der Waals surface area contributed by atoms with Gasteiger partial charge >= 0.3 is 5.69 Å². The fourth-order valence-corrected chi connectivity index (χ4v) is 5.13. The number of phenolic OH excluding ortho intramolecular Hbond substituents is 1. The SMILES string of the molecule is C[C@H]1c2ccc([N+](=O)[O-])c(O)c2C(O)=C2C(=O)[C@]3(O)C(O)=C(C(N)=O)C(=O)CC3[C@@H](O)C21. The number of carbonyl (C=O) groups is 3. The molecule has 3 aliphatic carbocycles. The zero-order valence-corrected chi connectivity index (χ0v) is 16.5. The Balaban J connectivity index is 2.03. The van der Waals surface area contributed by atoms with Gasteiger partial charge < -0.3 is 31.3 Å². The van der Waals surface area contributed by atoms with Crippen LogP contribution in [-0.2, 0) is 14.4 Å². The van der Waals surface area contributed by atoms with E-state index in [1.54, 1.807) is 0 Å². The number of nitrogens with two attached hydrogens (primary N) is 1. The molecule has 0 heterocycles. The van der Waals surface area contributed by atoms with E-state index in [1.807, 2.05) is 0 Å². The van der Waals surface area contributed by atoms with E-state index in [4.69, 9.17) is 5.73 Å². The van der Waals surface area contributed by atoms with Gasteiger partial charge in [-0.3, -0.25) is 24.5 Å². The number of fused-ring (bicyclic) bond motifs is 3. The number of phenols is 1. The van der Waals surface area contributed by atoms with Gasteiger partial charge in [-0.05, 0) is 11.5 Å². The maximum absolute atomic E-state index is 13.4. The number of amides is 1. The van der Waals surface area contributed by atoms with Crippen LogP contribution >= 0.6 is 0 Å². The van der Waals surface area contributed by atoms with E-state index >= 15 is 0 Å². The third kappa shape index (κ3) is 2.41. The lowest BCUT2D eigenvalue weighted by atomic mass is 9.55. The molecule has 12 nitrogen and oxygen atoms in total. The highest BCUT2D eigenvalue weighted by atomic mass is 16.6. The number of aromatic hydroxyl groups is 1. The third-order valence-corrected chi connectivity index (χ3v) is 6.68. The van der Waals surface area contributed by atoms with Gasteiger partial charge in [0.1, 0.15) is 17.1 Å². The van der Waals surface area contributed by atoms with Crippen LogP contribution in [0.5, 0.6) is 5.75 Å². The highest BCUT2D eigenvalue weighted by molar-refractivity contribution is 6.23. The Kier molecular flexibility index (Phi) is 4.43. The Morgan fingerprint density at radius 2 is 1.88 bits per heavy atom. The molecule has 3 aliphatic rings. The van der Waals surface area contributed by atoms with Crippen molar-refractivity contribution in [3.05, 3.63) is 50.3 Å². The molecule has 0 saturated heterocycles. The standard InChI is InChI=1S/C20H18N2O10/c1-5-6-2-3-8(22(31)32)15(25)11(6)16(26)13-10(5)14(24)7-4-9(23)12(19(21)29)17(27)20(7,30)18(13)28/h2-3,5,7,10,14,24-27,30H,4H2,1H3,(H2,21,29)/t5-,7?,10?,14+,20+/m0/s1. The summed E-state index contributed by atoms with van der Waals surface area (Å²) in [4.78, 5) is 47.7. The molecule has 1 amide bonds. The van der Waals surface area contributed by atoms with Gasteiger partial charge in [0.05, 0.1) is 16.6 Å². The lowest BCUT2D eigenvalue weighted by molar-refractivity contribution is -0.385. The van der Waals surface area contributed by atoms with E-state index in [9.17, 15) is 50.0 Å². The molecule has 0 aromatic heterocycles. The number of nitro benzene ring substituents is 1. The predicted octanol–water partition coefficient (Wildman–Crippen LogP) is -0.136. The van der Waals surface area contributed by atoms with E-state index in [0.717, 1.165) is 6.07 Å². The van der Waals surface area contributed by atoms with E-state index in [0.29, 0.717) is 0 Å². The molecule has 0 bridgehead atoms. The smallest absolute Gasteiger partial charge is 0.311 e. The van der Waals surface area contributed by atoms with Crippen LogP contribution < -0.4 is 5.73 Å². The second-order valence-corrected chi connectivity index (χ2v) is 8.14. The zero-order valence-electron chi connectivity index (χ0n) is 16.5. The molecule has 1 fully saturated rings. The van der Waals surface area contributed by atoms with Crippen LogP contribution in [0.4, 0.5) is 5.69 Å². The Hall–Kier alpha value is -3.77. The molecule has 0 radical (unpaired) electrons. The van der Waals surface area contributed by atoms with Crippen LogP contribution in [0.2, 0.25) is 0 Å². The van der Waals surface area contributed by atoms with Crippen LogP contribution in [0.25, 0.3) is 5.76 Å². The summed E-state index contributed by atoms with van der Waals surface area (Å²) in [6, 6.07) is 2.27. The first kappa shape index (κ1) is 21.5. The lowest BCUT2D eigenvalue weighted by Crippen LogP contribution is -2.63. The highest BCUT2D eigenvalue weighted by Gasteiger charge is 2.65. The first-order valence-corrected chi connectivity index (χ1v) is 9.51. The predicted molar refractivity (Wildman–Crippen MR) is 104 cm³/mol. The van der Waals surface area contributed by atoms with Gasteiger partial charge in [0, 0.05) is 29.9 Å². The minimum absolute atomic E-state index is 0.191. The fraction of sp³-hybridized carbons (Fsp3) is 0.350. The van der Waals surface area contributed by atoms with Gasteiger partial charge in [-0.25, -0.2) is 0 Å². The number of nitro groups is 1. The number of primary amides is 1. The summed E-state index contributed by atoms with van der Waals surface area (Å²) < 4.78 is 0. The average molecular weight is 446 g/mol. The summed E-state index contributed by atoms with van der Waals surface area (Å²) in [7, 11) is 0. The summed E-state index contributed by atoms with van der Waals surface area (Å²) in [6.07, 6.45) is -2.34. The minimum Gasteiger partial charge on any atom is -0.508 e. The molecule has 2 unspecified atom stereocenters. The molecule has 168 valence electrons. The zero-order chi connectivity index (χ0) is 23.9. The summed E-state index contributed by atoms with van der Waals surface area (Å²) in [6.45, 7) is 1.53. The summed E-state index contributed by atoms with van der Waals surface area (Å²) in [5.74, 6) is -10.4. The average Bonchev–Trinajstić information content (AvgIpc) is 2.70. The molecule has 32 heavy (non-hydrogen) atoms. The van der Waals surface area contributed by atoms with Crippen molar-refractivity contribution in [2.45, 2.75) is 31.0 Å². The van der Waals surface area contributed by atoms with Crippen molar-refractivity contribution in [2.75, 3.05) is 0 Å². The van der Waals surface area contributed by atoms with Gasteiger partial charge in [0.2, 0.25) is 11.5 Å². The van der Waals surface area contributed by atoms with E-state index in [-0.39, 0.29) is 5.56 Å². The number of Topliss-reactive ketones (excluding diaryl/α,β-unsaturated/α-hetero) is 2.